The van der Waals surface area contributed by atoms with Crippen LogP contribution in [0.1, 0.15) is 24.0 Å². The van der Waals surface area contributed by atoms with Crippen molar-refractivity contribution < 1.29 is 9.13 Å². The van der Waals surface area contributed by atoms with Crippen LogP contribution in [0.4, 0.5) is 4.39 Å². The van der Waals surface area contributed by atoms with E-state index in [2.05, 4.69) is 14.9 Å². The van der Waals surface area contributed by atoms with E-state index in [1.165, 1.54) is 6.07 Å². The Kier molecular flexibility index (Phi) is 5.34. The Labute approximate surface area is 140 Å². The van der Waals surface area contributed by atoms with E-state index < -0.39 is 0 Å². The molecule has 24 heavy (non-hydrogen) atoms. The molecular weight excluding hydrogens is 307 g/mol. The molecule has 124 valence electrons. The van der Waals surface area contributed by atoms with Gasteiger partial charge in [-0.1, -0.05) is 6.07 Å². The highest BCUT2D eigenvalue weighted by atomic mass is 19.1. The van der Waals surface area contributed by atoms with Gasteiger partial charge in [-0.15, -0.1) is 0 Å². The number of piperidine rings is 1. The van der Waals surface area contributed by atoms with Gasteiger partial charge in [0.1, 0.15) is 5.82 Å². The zero-order valence-corrected chi connectivity index (χ0v) is 13.4. The average molecular weight is 326 g/mol. The Balaban J connectivity index is 1.46. The molecule has 0 spiro atoms. The van der Waals surface area contributed by atoms with E-state index in [0.717, 1.165) is 25.9 Å². The van der Waals surface area contributed by atoms with Crippen molar-refractivity contribution in [2.45, 2.75) is 19.4 Å². The number of aromatic nitrogens is 2. The minimum absolute atomic E-state index is 0.304. The Morgan fingerprint density at radius 3 is 2.79 bits per heavy atom. The van der Waals surface area contributed by atoms with Gasteiger partial charge in [0.25, 0.3) is 0 Å². The largest absolute Gasteiger partial charge is 0.476 e. The summed E-state index contributed by atoms with van der Waals surface area (Å²) >= 11 is 0. The number of ether oxygens (including phenoxy) is 1. The van der Waals surface area contributed by atoms with Crippen molar-refractivity contribution in [3.05, 3.63) is 53.7 Å². The van der Waals surface area contributed by atoms with Crippen LogP contribution in [0.15, 0.2) is 36.8 Å². The van der Waals surface area contributed by atoms with Crippen molar-refractivity contribution in [3.63, 3.8) is 0 Å². The van der Waals surface area contributed by atoms with Gasteiger partial charge in [0.2, 0.25) is 5.88 Å². The third-order valence-electron chi connectivity index (χ3n) is 4.29. The van der Waals surface area contributed by atoms with Crippen molar-refractivity contribution in [1.82, 2.24) is 14.9 Å². The minimum Gasteiger partial charge on any atom is -0.476 e. The first kappa shape index (κ1) is 16.3. The van der Waals surface area contributed by atoms with Crippen LogP contribution >= 0.6 is 0 Å². The Bertz CT molecular complexity index is 709. The molecule has 1 saturated heterocycles. The maximum Gasteiger partial charge on any atom is 0.232 e. The van der Waals surface area contributed by atoms with E-state index in [0.29, 0.717) is 36.1 Å². The van der Waals surface area contributed by atoms with Gasteiger partial charge in [-0.05, 0) is 44.0 Å². The topological polar surface area (TPSA) is 62.0 Å². The van der Waals surface area contributed by atoms with Crippen LogP contribution in [0.3, 0.4) is 0 Å². The molecule has 5 nitrogen and oxygen atoms in total. The summed E-state index contributed by atoms with van der Waals surface area (Å²) in [6.07, 6.45) is 6.87. The first-order valence-electron chi connectivity index (χ1n) is 8.04. The molecule has 1 fully saturated rings. The van der Waals surface area contributed by atoms with Gasteiger partial charge in [-0.2, -0.15) is 5.26 Å². The second-order valence-electron chi connectivity index (χ2n) is 5.99. The zero-order valence-electron chi connectivity index (χ0n) is 13.4. The molecule has 2 heterocycles. The standard InChI is InChI=1S/C18H19FN4O/c19-17-9-15(10-20)1-2-16(17)12-23-7-3-14(4-8-23)13-24-18-11-21-5-6-22-18/h1-2,5-6,9,11,14H,3-4,7-8,12-13H2. The monoisotopic (exact) mass is 326 g/mol. The van der Waals surface area contributed by atoms with E-state index in [1.54, 1.807) is 30.7 Å². The van der Waals surface area contributed by atoms with Crippen LogP contribution in [0, 0.1) is 23.1 Å². The van der Waals surface area contributed by atoms with Crippen molar-refractivity contribution in [2.75, 3.05) is 19.7 Å². The van der Waals surface area contributed by atoms with Crippen LogP contribution in [0.2, 0.25) is 0 Å². The number of hydrogen-bond donors (Lipinski definition) is 0. The second-order valence-corrected chi connectivity index (χ2v) is 5.99. The fourth-order valence-corrected chi connectivity index (χ4v) is 2.86. The van der Waals surface area contributed by atoms with Crippen molar-refractivity contribution in [1.29, 1.82) is 5.26 Å². The maximum atomic E-state index is 14.0. The fraction of sp³-hybridized carbons (Fsp3) is 0.389. The average Bonchev–Trinajstić information content (AvgIpc) is 2.63. The van der Waals surface area contributed by atoms with E-state index >= 15 is 0 Å². The first-order chi connectivity index (χ1) is 11.7. The molecule has 0 N–H and O–H groups in total. The molecular formula is C18H19FN4O. The minimum atomic E-state index is -0.304. The van der Waals surface area contributed by atoms with E-state index in [-0.39, 0.29) is 5.82 Å². The molecule has 1 aromatic carbocycles. The van der Waals surface area contributed by atoms with Crippen LogP contribution in [0.25, 0.3) is 0 Å². The molecule has 0 radical (unpaired) electrons. The van der Waals surface area contributed by atoms with Gasteiger partial charge in [0.05, 0.1) is 24.4 Å². The summed E-state index contributed by atoms with van der Waals surface area (Å²) in [6.45, 7) is 3.04. The third kappa shape index (κ3) is 4.27. The van der Waals surface area contributed by atoms with Crippen LogP contribution in [0.5, 0.6) is 5.88 Å². The van der Waals surface area contributed by atoms with Gasteiger partial charge in [0, 0.05) is 24.5 Å². The highest BCUT2D eigenvalue weighted by molar-refractivity contribution is 5.32. The van der Waals surface area contributed by atoms with Crippen molar-refractivity contribution >= 4 is 0 Å². The van der Waals surface area contributed by atoms with Gasteiger partial charge in [-0.3, -0.25) is 9.88 Å². The molecule has 0 unspecified atom stereocenters. The van der Waals surface area contributed by atoms with E-state index in [9.17, 15) is 4.39 Å². The molecule has 1 aromatic heterocycles. The molecule has 1 aliphatic heterocycles. The van der Waals surface area contributed by atoms with Gasteiger partial charge < -0.3 is 4.74 Å². The highest BCUT2D eigenvalue weighted by Crippen LogP contribution is 2.21. The lowest BCUT2D eigenvalue weighted by molar-refractivity contribution is 0.133. The summed E-state index contributed by atoms with van der Waals surface area (Å²) in [7, 11) is 0. The molecule has 2 aromatic rings. The lowest BCUT2D eigenvalue weighted by Crippen LogP contribution is -2.35. The normalized spacial score (nSPS) is 15.8. The second kappa shape index (κ2) is 7.84. The Morgan fingerprint density at radius 2 is 2.12 bits per heavy atom. The van der Waals surface area contributed by atoms with E-state index in [4.69, 9.17) is 10.00 Å². The van der Waals surface area contributed by atoms with Gasteiger partial charge in [-0.25, -0.2) is 9.37 Å². The van der Waals surface area contributed by atoms with Crippen molar-refractivity contribution in [2.24, 2.45) is 5.92 Å². The molecule has 0 bridgehead atoms. The zero-order chi connectivity index (χ0) is 16.8. The van der Waals surface area contributed by atoms with Crippen LogP contribution < -0.4 is 4.74 Å². The predicted molar refractivity (Wildman–Crippen MR) is 86.6 cm³/mol. The molecule has 1 aliphatic rings. The molecule has 3 rings (SSSR count). The number of nitrogens with zero attached hydrogens (tertiary/aromatic N) is 4. The summed E-state index contributed by atoms with van der Waals surface area (Å²) in [4.78, 5) is 10.3. The van der Waals surface area contributed by atoms with Crippen LogP contribution in [-0.2, 0) is 6.54 Å². The summed E-state index contributed by atoms with van der Waals surface area (Å²) in [5.74, 6) is 0.732. The van der Waals surface area contributed by atoms with Crippen LogP contribution in [-0.4, -0.2) is 34.6 Å². The summed E-state index contributed by atoms with van der Waals surface area (Å²) < 4.78 is 19.6. The number of nitriles is 1. The Hall–Kier alpha value is -2.52. The lowest BCUT2D eigenvalue weighted by Gasteiger charge is -2.31. The number of benzene rings is 1. The fourth-order valence-electron chi connectivity index (χ4n) is 2.86. The maximum absolute atomic E-state index is 14.0. The molecule has 6 heteroatoms. The summed E-state index contributed by atoms with van der Waals surface area (Å²) in [5, 5.41) is 8.79. The number of halogens is 1. The number of rotatable bonds is 5. The highest BCUT2D eigenvalue weighted by Gasteiger charge is 2.20. The summed E-state index contributed by atoms with van der Waals surface area (Å²) in [6, 6.07) is 6.63. The number of hydrogen-bond acceptors (Lipinski definition) is 5. The quantitative estimate of drug-likeness (QED) is 0.845. The third-order valence-corrected chi connectivity index (χ3v) is 4.29. The van der Waals surface area contributed by atoms with Gasteiger partial charge in [0.15, 0.2) is 0 Å². The molecule has 0 saturated carbocycles. The van der Waals surface area contributed by atoms with E-state index in [1.807, 2.05) is 6.07 Å². The Morgan fingerprint density at radius 1 is 1.29 bits per heavy atom. The predicted octanol–water partition coefficient (Wildman–Crippen LogP) is 2.78. The first-order valence-corrected chi connectivity index (χ1v) is 8.04. The SMILES string of the molecule is N#Cc1ccc(CN2CCC(COc3cnccn3)CC2)c(F)c1. The smallest absolute Gasteiger partial charge is 0.232 e. The molecule has 0 aliphatic carbocycles. The summed E-state index contributed by atoms with van der Waals surface area (Å²) in [5.41, 5.74) is 0.999. The molecule has 0 amide bonds. The lowest BCUT2D eigenvalue weighted by atomic mass is 9.97. The number of likely N-dealkylation sites (tertiary alicyclic amines) is 1. The van der Waals surface area contributed by atoms with Gasteiger partial charge >= 0.3 is 0 Å². The molecule has 0 atom stereocenters. The van der Waals surface area contributed by atoms with Crippen molar-refractivity contribution in [3.8, 4) is 11.9 Å².